The second-order valence-corrected chi connectivity index (χ2v) is 26.2. The molecule has 0 heterocycles. The van der Waals surface area contributed by atoms with Gasteiger partial charge in [0, 0.05) is 0 Å². The van der Waals surface area contributed by atoms with Crippen LogP contribution in [0.3, 0.4) is 0 Å². The fourth-order valence-electron chi connectivity index (χ4n) is 11.5. The van der Waals surface area contributed by atoms with E-state index in [0.29, 0.717) is 11.0 Å². The van der Waals surface area contributed by atoms with Crippen LogP contribution in [0.4, 0.5) is 0 Å². The van der Waals surface area contributed by atoms with Crippen LogP contribution in [0.2, 0.25) is 0 Å². The summed E-state index contributed by atoms with van der Waals surface area (Å²) in [6.07, 6.45) is 95.9. The molecular formula is C71H140NO3S+. The Kier molecular flexibility index (Phi) is 62.5. The van der Waals surface area contributed by atoms with Crippen molar-refractivity contribution in [3.63, 3.8) is 0 Å². The molecule has 4 nitrogen and oxygen atoms in total. The number of nitrogens with zero attached hydrogens (tertiary/aromatic N) is 1. The molecule has 0 saturated carbocycles. The first kappa shape index (κ1) is 75.1. The highest BCUT2D eigenvalue weighted by Gasteiger charge is 2.22. The summed E-state index contributed by atoms with van der Waals surface area (Å²) in [6, 6.07) is 0. The Morgan fingerprint density at radius 2 is 0.395 bits per heavy atom. The lowest BCUT2D eigenvalue weighted by atomic mass is 10.0. The molecule has 0 rings (SSSR count). The summed E-state index contributed by atoms with van der Waals surface area (Å²) in [5.41, 5.74) is 0. The minimum atomic E-state index is -4.07. The van der Waals surface area contributed by atoms with Gasteiger partial charge in [-0.05, 0) is 56.8 Å². The number of rotatable bonds is 66. The predicted molar refractivity (Wildman–Crippen MR) is 343 cm³/mol. The molecule has 452 valence electrons. The van der Waals surface area contributed by atoms with Crippen LogP contribution in [0.5, 0.6) is 0 Å². The maximum atomic E-state index is 12.1. The van der Waals surface area contributed by atoms with Crippen molar-refractivity contribution >= 4 is 10.1 Å². The molecule has 0 atom stereocenters. The number of quaternary nitrogens is 1. The molecule has 0 aromatic heterocycles. The second kappa shape index (κ2) is 63.3. The lowest BCUT2D eigenvalue weighted by molar-refractivity contribution is -0.770. The molecule has 0 aromatic carbocycles. The van der Waals surface area contributed by atoms with Crippen molar-refractivity contribution in [3.05, 3.63) is 36.8 Å². The molecule has 0 fully saturated rings. The SMILES string of the molecule is CCCCCCCCCCCCCCCCCCCCC/C=C/[N+](/C=C/CCCCCCCCCCCCCCCCCCCCC)(/C=C/CCCCCCCCCCCCCCCCCCCCC)CCS(=O)(=O)O. The monoisotopic (exact) mass is 1090 g/mol. The quantitative estimate of drug-likeness (QED) is 0.0375. The van der Waals surface area contributed by atoms with Gasteiger partial charge in [0.2, 0.25) is 0 Å². The molecule has 0 aliphatic carbocycles. The summed E-state index contributed by atoms with van der Waals surface area (Å²) in [6.45, 7) is 7.24. The van der Waals surface area contributed by atoms with E-state index in [1.54, 1.807) is 0 Å². The molecule has 0 unspecified atom stereocenters. The Balaban J connectivity index is 4.71. The molecular weight excluding hydrogens is 947 g/mol. The van der Waals surface area contributed by atoms with Crippen LogP contribution in [0.1, 0.15) is 406 Å². The molecule has 0 spiro atoms. The zero-order chi connectivity index (χ0) is 55.1. The molecule has 0 aliphatic rings. The maximum Gasteiger partial charge on any atom is 0.270 e. The van der Waals surface area contributed by atoms with Crippen LogP contribution in [-0.2, 0) is 10.1 Å². The van der Waals surface area contributed by atoms with Crippen molar-refractivity contribution in [2.75, 3.05) is 12.3 Å². The third kappa shape index (κ3) is 62.3. The normalized spacial score (nSPS) is 12.5. The van der Waals surface area contributed by atoms with Gasteiger partial charge in [-0.25, -0.2) is 4.48 Å². The van der Waals surface area contributed by atoms with Gasteiger partial charge in [0.1, 0.15) is 30.9 Å². The Hall–Kier alpha value is -0.910. The van der Waals surface area contributed by atoms with E-state index in [4.69, 9.17) is 0 Å². The van der Waals surface area contributed by atoms with Crippen molar-refractivity contribution in [2.45, 2.75) is 406 Å². The minimum absolute atomic E-state index is 0.232. The summed E-state index contributed by atoms with van der Waals surface area (Å²) in [5.74, 6) is -0.232. The Bertz CT molecular complexity index is 1160. The minimum Gasteiger partial charge on any atom is -0.285 e. The average Bonchev–Trinajstić information content (AvgIpc) is 3.41. The van der Waals surface area contributed by atoms with Crippen molar-refractivity contribution in [1.29, 1.82) is 0 Å². The Morgan fingerprint density at radius 3 is 0.539 bits per heavy atom. The van der Waals surface area contributed by atoms with E-state index in [2.05, 4.69) is 57.6 Å². The van der Waals surface area contributed by atoms with E-state index in [1.807, 2.05) is 0 Å². The summed E-state index contributed by atoms with van der Waals surface area (Å²) >= 11 is 0. The highest BCUT2D eigenvalue weighted by Crippen LogP contribution is 2.21. The third-order valence-corrected chi connectivity index (χ3v) is 17.5. The van der Waals surface area contributed by atoms with Gasteiger partial charge in [0.25, 0.3) is 10.1 Å². The van der Waals surface area contributed by atoms with E-state index < -0.39 is 10.1 Å². The molecule has 5 heteroatoms. The number of unbranched alkanes of at least 4 members (excludes halogenated alkanes) is 57. The summed E-state index contributed by atoms with van der Waals surface area (Å²) in [7, 11) is -4.07. The van der Waals surface area contributed by atoms with Crippen molar-refractivity contribution in [3.8, 4) is 0 Å². The maximum absolute atomic E-state index is 12.1. The lowest BCUT2D eigenvalue weighted by Crippen LogP contribution is -2.35. The first-order chi connectivity index (χ1) is 37.4. The van der Waals surface area contributed by atoms with E-state index in [1.165, 1.54) is 366 Å². The Labute approximate surface area is 480 Å². The van der Waals surface area contributed by atoms with Crippen LogP contribution in [0.25, 0.3) is 0 Å². The Morgan fingerprint density at radius 1 is 0.250 bits per heavy atom. The van der Waals surface area contributed by atoms with Crippen molar-refractivity contribution in [1.82, 2.24) is 0 Å². The molecule has 76 heavy (non-hydrogen) atoms. The highest BCUT2D eigenvalue weighted by molar-refractivity contribution is 7.85. The second-order valence-electron chi connectivity index (χ2n) is 24.6. The largest absolute Gasteiger partial charge is 0.285 e. The summed E-state index contributed by atoms with van der Waals surface area (Å²) in [5, 5.41) is 0. The zero-order valence-corrected chi connectivity index (χ0v) is 53.2. The van der Waals surface area contributed by atoms with E-state index >= 15 is 0 Å². The fraction of sp³-hybridized carbons (Fsp3) is 0.915. The molecule has 0 saturated heterocycles. The van der Waals surface area contributed by atoms with Gasteiger partial charge >= 0.3 is 0 Å². The highest BCUT2D eigenvalue weighted by atomic mass is 32.2. The third-order valence-electron chi connectivity index (χ3n) is 16.8. The first-order valence-corrected chi connectivity index (χ1v) is 36.9. The van der Waals surface area contributed by atoms with Crippen LogP contribution < -0.4 is 0 Å². The smallest absolute Gasteiger partial charge is 0.270 e. The van der Waals surface area contributed by atoms with Gasteiger partial charge in [-0.2, -0.15) is 8.42 Å². The molecule has 0 bridgehead atoms. The van der Waals surface area contributed by atoms with Gasteiger partial charge < -0.3 is 0 Å². The fourth-order valence-corrected chi connectivity index (χ4v) is 12.0. The lowest BCUT2D eigenvalue weighted by Gasteiger charge is -2.26. The van der Waals surface area contributed by atoms with Crippen molar-refractivity contribution in [2.24, 2.45) is 0 Å². The van der Waals surface area contributed by atoms with E-state index in [0.717, 1.165) is 19.3 Å². The van der Waals surface area contributed by atoms with Crippen LogP contribution >= 0.6 is 0 Å². The number of hydrogen-bond acceptors (Lipinski definition) is 2. The summed E-state index contributed by atoms with van der Waals surface area (Å²) < 4.78 is 34.6. The molecule has 0 radical (unpaired) electrons. The standard InChI is InChI=1S/C71H139NO3S/c1-4-7-10-13-16-19-22-25-28-31-34-37-40-43-46-49-52-55-58-61-64-67-72(70-71-76(73,74)75,68-65-62-59-56-53-50-47-44-41-38-35-32-29-26-23-20-17-14-11-8-5-2)69-66-63-60-57-54-51-48-45-42-39-36-33-30-27-24-21-18-15-12-9-6-3/h64-69H,4-63,70-71H2,1-3H3/p+1/b67-64+,68-65+,69-66+. The van der Waals surface area contributed by atoms with Crippen LogP contribution in [0, 0.1) is 0 Å². The van der Waals surface area contributed by atoms with Crippen LogP contribution in [0.15, 0.2) is 36.8 Å². The predicted octanol–water partition coefficient (Wildman–Crippen LogP) is 25.7. The molecule has 1 N–H and O–H groups in total. The van der Waals surface area contributed by atoms with Crippen LogP contribution in [-0.4, -0.2) is 29.8 Å². The zero-order valence-electron chi connectivity index (χ0n) is 52.4. The summed E-state index contributed by atoms with van der Waals surface area (Å²) in [4.78, 5) is 0. The molecule has 0 aliphatic heterocycles. The van der Waals surface area contributed by atoms with Crippen molar-refractivity contribution < 1.29 is 17.5 Å². The van der Waals surface area contributed by atoms with Gasteiger partial charge in [0.15, 0.2) is 0 Å². The molecule has 0 aromatic rings. The van der Waals surface area contributed by atoms with Gasteiger partial charge in [-0.15, -0.1) is 0 Å². The first-order valence-electron chi connectivity index (χ1n) is 35.2. The topological polar surface area (TPSA) is 54.4 Å². The molecule has 0 amide bonds. The van der Waals surface area contributed by atoms with E-state index in [9.17, 15) is 13.0 Å². The average molecular weight is 1090 g/mol. The van der Waals surface area contributed by atoms with Gasteiger partial charge in [-0.3, -0.25) is 4.55 Å². The van der Waals surface area contributed by atoms with E-state index in [-0.39, 0.29) is 5.75 Å². The number of allylic oxidation sites excluding steroid dienone is 3. The van der Waals surface area contributed by atoms with Gasteiger partial charge in [-0.1, -0.05) is 367 Å². The number of hydrogen-bond donors (Lipinski definition) is 1. The van der Waals surface area contributed by atoms with Gasteiger partial charge in [0.05, 0.1) is 0 Å².